The smallest absolute Gasteiger partial charge is 0.141 e. The van der Waals surface area contributed by atoms with Gasteiger partial charge in [0.1, 0.15) is 18.4 Å². The van der Waals surface area contributed by atoms with Crippen LogP contribution in [0.5, 0.6) is 0 Å². The number of piperidine rings is 1. The van der Waals surface area contributed by atoms with Crippen LogP contribution in [0.1, 0.15) is 32.0 Å². The van der Waals surface area contributed by atoms with Crippen molar-refractivity contribution in [3.8, 4) is 0 Å². The van der Waals surface area contributed by atoms with Crippen LogP contribution in [0.3, 0.4) is 0 Å². The summed E-state index contributed by atoms with van der Waals surface area (Å²) in [5.74, 6) is 1.21. The standard InChI is InChI=1S/C12H20N4O/c1-2-5-16-12(13-10-14-16)8-15-6-3-4-11(7-15)9-17/h9-11H,2-8H2,1H3. The van der Waals surface area contributed by atoms with Crippen molar-refractivity contribution in [2.45, 2.75) is 39.3 Å². The third kappa shape index (κ3) is 3.12. The first kappa shape index (κ1) is 12.2. The van der Waals surface area contributed by atoms with Gasteiger partial charge >= 0.3 is 0 Å². The average molecular weight is 236 g/mol. The molecule has 0 aliphatic carbocycles. The molecule has 94 valence electrons. The van der Waals surface area contributed by atoms with E-state index >= 15 is 0 Å². The molecule has 1 aromatic rings. The van der Waals surface area contributed by atoms with Crippen molar-refractivity contribution in [1.82, 2.24) is 19.7 Å². The Balaban J connectivity index is 1.95. The number of aldehydes is 1. The van der Waals surface area contributed by atoms with Gasteiger partial charge in [0.2, 0.25) is 0 Å². The summed E-state index contributed by atoms with van der Waals surface area (Å²) < 4.78 is 1.96. The van der Waals surface area contributed by atoms with E-state index in [1.807, 2.05) is 4.68 Å². The summed E-state index contributed by atoms with van der Waals surface area (Å²) in [6.07, 6.45) is 5.90. The van der Waals surface area contributed by atoms with E-state index in [0.29, 0.717) is 0 Å². The van der Waals surface area contributed by atoms with Crippen molar-refractivity contribution < 1.29 is 4.79 Å². The summed E-state index contributed by atoms with van der Waals surface area (Å²) in [6, 6.07) is 0. The predicted molar refractivity (Wildman–Crippen MR) is 64.4 cm³/mol. The lowest BCUT2D eigenvalue weighted by atomic mass is 10.00. The van der Waals surface area contributed by atoms with Gasteiger partial charge in [-0.1, -0.05) is 6.92 Å². The molecule has 0 amide bonds. The van der Waals surface area contributed by atoms with Crippen molar-refractivity contribution in [2.75, 3.05) is 13.1 Å². The molecule has 0 bridgehead atoms. The zero-order valence-electron chi connectivity index (χ0n) is 10.4. The van der Waals surface area contributed by atoms with Crippen molar-refractivity contribution in [3.05, 3.63) is 12.2 Å². The fraction of sp³-hybridized carbons (Fsp3) is 0.750. The summed E-state index contributed by atoms with van der Waals surface area (Å²) in [5, 5.41) is 4.22. The van der Waals surface area contributed by atoms with Gasteiger partial charge in [0.05, 0.1) is 6.54 Å². The Morgan fingerprint density at radius 1 is 1.59 bits per heavy atom. The van der Waals surface area contributed by atoms with Crippen molar-refractivity contribution in [1.29, 1.82) is 0 Å². The van der Waals surface area contributed by atoms with E-state index in [-0.39, 0.29) is 5.92 Å². The Hall–Kier alpha value is -1.23. The number of nitrogens with zero attached hydrogens (tertiary/aromatic N) is 4. The van der Waals surface area contributed by atoms with Gasteiger partial charge < -0.3 is 4.79 Å². The molecule has 1 aromatic heterocycles. The van der Waals surface area contributed by atoms with Gasteiger partial charge in [0, 0.05) is 19.0 Å². The molecule has 2 rings (SSSR count). The number of carbonyl (C=O) groups excluding carboxylic acids is 1. The van der Waals surface area contributed by atoms with Crippen LogP contribution in [0.25, 0.3) is 0 Å². The van der Waals surface area contributed by atoms with Crippen molar-refractivity contribution >= 4 is 6.29 Å². The zero-order valence-corrected chi connectivity index (χ0v) is 10.4. The highest BCUT2D eigenvalue weighted by Crippen LogP contribution is 2.16. The molecule has 0 spiro atoms. The maximum absolute atomic E-state index is 10.8. The number of hydrogen-bond acceptors (Lipinski definition) is 4. The molecule has 1 saturated heterocycles. The molecule has 2 heterocycles. The fourth-order valence-corrected chi connectivity index (χ4v) is 2.36. The van der Waals surface area contributed by atoms with E-state index in [9.17, 15) is 4.79 Å². The highest BCUT2D eigenvalue weighted by atomic mass is 16.1. The van der Waals surface area contributed by atoms with Gasteiger partial charge in [0.25, 0.3) is 0 Å². The van der Waals surface area contributed by atoms with Crippen molar-refractivity contribution in [2.24, 2.45) is 5.92 Å². The molecule has 0 aromatic carbocycles. The van der Waals surface area contributed by atoms with Crippen LogP contribution in [0.2, 0.25) is 0 Å². The SMILES string of the molecule is CCCn1ncnc1CN1CCCC(C=O)C1. The minimum atomic E-state index is 0.200. The van der Waals surface area contributed by atoms with Crippen LogP contribution in [0.15, 0.2) is 6.33 Å². The van der Waals surface area contributed by atoms with Gasteiger partial charge in [-0.15, -0.1) is 0 Å². The van der Waals surface area contributed by atoms with Crippen LogP contribution in [-0.4, -0.2) is 39.0 Å². The Bertz CT molecular complexity index is 363. The monoisotopic (exact) mass is 236 g/mol. The number of aromatic nitrogens is 3. The number of aryl methyl sites for hydroxylation is 1. The number of rotatable bonds is 5. The van der Waals surface area contributed by atoms with Crippen LogP contribution in [0.4, 0.5) is 0 Å². The minimum Gasteiger partial charge on any atom is -0.303 e. The highest BCUT2D eigenvalue weighted by molar-refractivity contribution is 5.53. The quantitative estimate of drug-likeness (QED) is 0.718. The number of carbonyl (C=O) groups is 1. The second-order valence-electron chi connectivity index (χ2n) is 4.67. The third-order valence-electron chi connectivity index (χ3n) is 3.23. The normalized spacial score (nSPS) is 21.6. The second-order valence-corrected chi connectivity index (χ2v) is 4.67. The fourth-order valence-electron chi connectivity index (χ4n) is 2.36. The van der Waals surface area contributed by atoms with E-state index in [0.717, 1.165) is 57.6 Å². The highest BCUT2D eigenvalue weighted by Gasteiger charge is 2.20. The van der Waals surface area contributed by atoms with Crippen LogP contribution in [-0.2, 0) is 17.9 Å². The molecule has 1 aliphatic rings. The Morgan fingerprint density at radius 3 is 3.24 bits per heavy atom. The predicted octanol–water partition coefficient (Wildman–Crippen LogP) is 1.10. The Morgan fingerprint density at radius 2 is 2.47 bits per heavy atom. The average Bonchev–Trinajstić information content (AvgIpc) is 2.78. The maximum atomic E-state index is 10.8. The van der Waals surface area contributed by atoms with Gasteiger partial charge in [-0.05, 0) is 25.8 Å². The number of likely N-dealkylation sites (tertiary alicyclic amines) is 1. The van der Waals surface area contributed by atoms with E-state index in [2.05, 4.69) is 21.9 Å². The lowest BCUT2D eigenvalue weighted by Gasteiger charge is -2.29. The summed E-state index contributed by atoms with van der Waals surface area (Å²) in [5.41, 5.74) is 0. The molecule has 0 radical (unpaired) electrons. The largest absolute Gasteiger partial charge is 0.303 e. The molecule has 1 atom stereocenters. The molecule has 0 saturated carbocycles. The minimum absolute atomic E-state index is 0.200. The first-order chi connectivity index (χ1) is 8.33. The number of hydrogen-bond donors (Lipinski definition) is 0. The topological polar surface area (TPSA) is 51.0 Å². The molecular weight excluding hydrogens is 216 g/mol. The first-order valence-electron chi connectivity index (χ1n) is 6.37. The summed E-state index contributed by atoms with van der Waals surface area (Å²) >= 11 is 0. The third-order valence-corrected chi connectivity index (χ3v) is 3.23. The van der Waals surface area contributed by atoms with Crippen LogP contribution < -0.4 is 0 Å². The summed E-state index contributed by atoms with van der Waals surface area (Å²) in [6.45, 7) is 5.78. The van der Waals surface area contributed by atoms with E-state index in [4.69, 9.17) is 0 Å². The van der Waals surface area contributed by atoms with E-state index in [1.165, 1.54) is 0 Å². The van der Waals surface area contributed by atoms with Crippen LogP contribution in [0, 0.1) is 5.92 Å². The lowest BCUT2D eigenvalue weighted by Crippen LogP contribution is -2.36. The Kier molecular flexibility index (Phi) is 4.25. The van der Waals surface area contributed by atoms with Gasteiger partial charge in [-0.25, -0.2) is 9.67 Å². The van der Waals surface area contributed by atoms with Crippen molar-refractivity contribution in [3.63, 3.8) is 0 Å². The first-order valence-corrected chi connectivity index (χ1v) is 6.37. The molecule has 5 heteroatoms. The van der Waals surface area contributed by atoms with Gasteiger partial charge in [0.15, 0.2) is 0 Å². The Labute approximate surface area is 102 Å². The second kappa shape index (κ2) is 5.91. The molecule has 1 unspecified atom stereocenters. The van der Waals surface area contributed by atoms with E-state index in [1.54, 1.807) is 6.33 Å². The van der Waals surface area contributed by atoms with Crippen LogP contribution >= 0.6 is 0 Å². The van der Waals surface area contributed by atoms with E-state index < -0.39 is 0 Å². The lowest BCUT2D eigenvalue weighted by molar-refractivity contribution is -0.112. The molecular formula is C12H20N4O. The summed E-state index contributed by atoms with van der Waals surface area (Å²) in [7, 11) is 0. The zero-order chi connectivity index (χ0) is 12.1. The molecule has 1 fully saturated rings. The van der Waals surface area contributed by atoms with Gasteiger partial charge in [-0.2, -0.15) is 5.10 Å². The van der Waals surface area contributed by atoms with Gasteiger partial charge in [-0.3, -0.25) is 4.90 Å². The molecule has 0 N–H and O–H groups in total. The maximum Gasteiger partial charge on any atom is 0.141 e. The summed E-state index contributed by atoms with van der Waals surface area (Å²) in [4.78, 5) is 17.4. The molecule has 1 aliphatic heterocycles. The molecule has 5 nitrogen and oxygen atoms in total. The molecule has 17 heavy (non-hydrogen) atoms.